The van der Waals surface area contributed by atoms with Crippen molar-refractivity contribution in [1.82, 2.24) is 8.61 Å². The van der Waals surface area contributed by atoms with Gasteiger partial charge in [-0.05, 0) is 27.7 Å². The lowest BCUT2D eigenvalue weighted by molar-refractivity contribution is -0.143. The van der Waals surface area contributed by atoms with E-state index in [1.165, 1.54) is 12.2 Å². The average Bonchev–Trinajstić information content (AvgIpc) is 2.42. The highest BCUT2D eigenvalue weighted by Crippen LogP contribution is 2.15. The minimum absolute atomic E-state index is 0.114. The predicted octanol–water partition coefficient (Wildman–Crippen LogP) is 1.71. The number of carbonyl (C=O) groups is 2. The van der Waals surface area contributed by atoms with Gasteiger partial charge in [-0.15, -0.1) is 13.2 Å². The zero-order valence-corrected chi connectivity index (χ0v) is 15.5. The molecule has 0 saturated carbocycles. The fourth-order valence-corrected chi connectivity index (χ4v) is 2.93. The number of ether oxygens (including phenoxy) is 2. The minimum atomic E-state index is -4.32. The number of rotatable bonds is 9. The molecule has 9 heteroatoms. The molecule has 1 amide bonds. The van der Waals surface area contributed by atoms with Gasteiger partial charge in [-0.2, -0.15) is 17.0 Å². The zero-order valence-electron chi connectivity index (χ0n) is 14.6. The second-order valence-corrected chi connectivity index (χ2v) is 7.55. The second kappa shape index (κ2) is 9.43. The molecule has 0 aromatic carbocycles. The van der Waals surface area contributed by atoms with Crippen molar-refractivity contribution in [2.75, 3.05) is 26.2 Å². The number of hydrogen-bond acceptors (Lipinski definition) is 6. The molecular weight excluding hydrogens is 336 g/mol. The van der Waals surface area contributed by atoms with Crippen molar-refractivity contribution < 1.29 is 27.5 Å². The summed E-state index contributed by atoms with van der Waals surface area (Å²) in [7, 11) is -4.32. The molecule has 0 radical (unpaired) electrons. The van der Waals surface area contributed by atoms with Crippen LogP contribution in [0.25, 0.3) is 0 Å². The summed E-state index contributed by atoms with van der Waals surface area (Å²) in [5, 5.41) is 0. The Labute approximate surface area is 143 Å². The Kier molecular flexibility index (Phi) is 8.70. The van der Waals surface area contributed by atoms with Gasteiger partial charge in [0.05, 0.1) is 13.2 Å². The minimum Gasteiger partial charge on any atom is -0.465 e. The van der Waals surface area contributed by atoms with E-state index in [1.54, 1.807) is 27.7 Å². The van der Waals surface area contributed by atoms with Crippen LogP contribution in [0.3, 0.4) is 0 Å². The van der Waals surface area contributed by atoms with Crippen LogP contribution in [0.2, 0.25) is 0 Å². The van der Waals surface area contributed by atoms with E-state index in [0.29, 0.717) is 4.31 Å². The summed E-state index contributed by atoms with van der Waals surface area (Å²) < 4.78 is 36.6. The highest BCUT2D eigenvalue weighted by molar-refractivity contribution is 7.87. The van der Waals surface area contributed by atoms with Crippen LogP contribution in [0.15, 0.2) is 25.3 Å². The van der Waals surface area contributed by atoms with Gasteiger partial charge in [0.15, 0.2) is 0 Å². The first kappa shape index (κ1) is 22.1. The van der Waals surface area contributed by atoms with Gasteiger partial charge < -0.3 is 9.47 Å². The first-order chi connectivity index (χ1) is 11.0. The molecule has 0 aliphatic rings. The normalized spacial score (nSPS) is 11.7. The molecule has 0 atom stereocenters. The Hall–Kier alpha value is -1.87. The summed E-state index contributed by atoms with van der Waals surface area (Å²) in [4.78, 5) is 23.9. The lowest BCUT2D eigenvalue weighted by Gasteiger charge is -2.30. The summed E-state index contributed by atoms with van der Waals surface area (Å²) in [6.45, 7) is 12.5. The average molecular weight is 362 g/mol. The van der Waals surface area contributed by atoms with Gasteiger partial charge in [0.2, 0.25) is 0 Å². The van der Waals surface area contributed by atoms with E-state index in [2.05, 4.69) is 13.2 Å². The van der Waals surface area contributed by atoms with Gasteiger partial charge in [0.25, 0.3) is 0 Å². The topological polar surface area (TPSA) is 93.2 Å². The van der Waals surface area contributed by atoms with Crippen LogP contribution >= 0.6 is 0 Å². The van der Waals surface area contributed by atoms with Gasteiger partial charge in [-0.3, -0.25) is 4.79 Å². The van der Waals surface area contributed by atoms with Crippen LogP contribution in [0.4, 0.5) is 4.79 Å². The lowest BCUT2D eigenvalue weighted by atomic mass is 10.2. The van der Waals surface area contributed by atoms with Crippen LogP contribution < -0.4 is 0 Å². The largest absolute Gasteiger partial charge is 0.465 e. The Morgan fingerprint density at radius 3 is 2.08 bits per heavy atom. The molecule has 24 heavy (non-hydrogen) atoms. The molecule has 0 aliphatic carbocycles. The lowest BCUT2D eigenvalue weighted by Crippen LogP contribution is -2.50. The monoisotopic (exact) mass is 362 g/mol. The molecule has 0 unspecified atom stereocenters. The van der Waals surface area contributed by atoms with Crippen molar-refractivity contribution in [3.8, 4) is 0 Å². The summed E-state index contributed by atoms with van der Waals surface area (Å²) in [5.74, 6) is -0.731. The molecule has 0 aliphatic heterocycles. The van der Waals surface area contributed by atoms with Crippen molar-refractivity contribution in [3.05, 3.63) is 25.3 Å². The Morgan fingerprint density at radius 2 is 1.67 bits per heavy atom. The number of esters is 1. The predicted molar refractivity (Wildman–Crippen MR) is 90.5 cm³/mol. The van der Waals surface area contributed by atoms with E-state index in [1.807, 2.05) is 0 Å². The van der Waals surface area contributed by atoms with Crippen molar-refractivity contribution in [3.63, 3.8) is 0 Å². The Bertz CT molecular complexity index is 565. The zero-order chi connectivity index (χ0) is 19.0. The first-order valence-electron chi connectivity index (χ1n) is 7.37. The van der Waals surface area contributed by atoms with Crippen LogP contribution in [-0.2, 0) is 24.5 Å². The molecule has 138 valence electrons. The highest BCUT2D eigenvalue weighted by Gasteiger charge is 2.36. The first-order valence-corrected chi connectivity index (χ1v) is 8.77. The Balaban J connectivity index is 5.58. The second-order valence-electron chi connectivity index (χ2n) is 5.69. The summed E-state index contributed by atoms with van der Waals surface area (Å²) >= 11 is 0. The number of nitrogens with zero attached hydrogens (tertiary/aromatic N) is 2. The smallest absolute Gasteiger partial charge is 0.425 e. The van der Waals surface area contributed by atoms with Gasteiger partial charge in [-0.25, -0.2) is 4.79 Å². The van der Waals surface area contributed by atoms with Crippen LogP contribution in [-0.4, -0.2) is 60.9 Å². The summed E-state index contributed by atoms with van der Waals surface area (Å²) in [6, 6.07) is 0. The van der Waals surface area contributed by atoms with Gasteiger partial charge in [0.1, 0.15) is 12.1 Å². The quantitative estimate of drug-likeness (QED) is 0.458. The van der Waals surface area contributed by atoms with E-state index in [0.717, 1.165) is 4.31 Å². The van der Waals surface area contributed by atoms with Crippen molar-refractivity contribution in [1.29, 1.82) is 0 Å². The number of amides is 1. The van der Waals surface area contributed by atoms with E-state index in [4.69, 9.17) is 9.47 Å². The van der Waals surface area contributed by atoms with Crippen molar-refractivity contribution in [2.45, 2.75) is 33.3 Å². The van der Waals surface area contributed by atoms with Crippen LogP contribution in [0.5, 0.6) is 0 Å². The maximum Gasteiger partial charge on any atom is 0.425 e. The SMILES string of the molecule is C=CCN(CC(=O)OCC)S(=O)(=O)N(CC=C)C(=O)OC(C)(C)C. The third kappa shape index (κ3) is 7.14. The van der Waals surface area contributed by atoms with E-state index >= 15 is 0 Å². The Morgan fingerprint density at radius 1 is 1.12 bits per heavy atom. The molecule has 8 nitrogen and oxygen atoms in total. The third-order valence-electron chi connectivity index (χ3n) is 2.44. The molecule has 0 heterocycles. The standard InChI is InChI=1S/C15H26N2O6S/c1-7-10-16(12-13(18)22-9-3)24(20,21)17(11-8-2)14(19)23-15(4,5)6/h7-8H,1-2,9-12H2,3-6H3. The molecule has 0 fully saturated rings. The molecule has 0 bridgehead atoms. The van der Waals surface area contributed by atoms with E-state index in [-0.39, 0.29) is 19.7 Å². The van der Waals surface area contributed by atoms with Crippen LogP contribution in [0.1, 0.15) is 27.7 Å². The summed E-state index contributed by atoms with van der Waals surface area (Å²) in [6.07, 6.45) is 1.50. The number of carbonyl (C=O) groups excluding carboxylic acids is 2. The van der Waals surface area contributed by atoms with Gasteiger partial charge in [0, 0.05) is 6.54 Å². The molecule has 0 aromatic rings. The molecule has 0 rings (SSSR count). The molecule has 0 N–H and O–H groups in total. The maximum absolute atomic E-state index is 12.7. The fourth-order valence-electron chi connectivity index (χ4n) is 1.57. The molecular formula is C15H26N2O6S. The molecule has 0 aromatic heterocycles. The van der Waals surface area contributed by atoms with Crippen LogP contribution in [0, 0.1) is 0 Å². The summed E-state index contributed by atoms with van der Waals surface area (Å²) in [5.41, 5.74) is -0.879. The number of hydrogen-bond donors (Lipinski definition) is 0. The third-order valence-corrected chi connectivity index (χ3v) is 4.23. The van der Waals surface area contributed by atoms with Gasteiger partial charge >= 0.3 is 22.3 Å². The van der Waals surface area contributed by atoms with E-state index < -0.39 is 34.4 Å². The molecule has 0 saturated heterocycles. The maximum atomic E-state index is 12.7. The molecule has 0 spiro atoms. The highest BCUT2D eigenvalue weighted by atomic mass is 32.2. The fraction of sp³-hybridized carbons (Fsp3) is 0.600. The van der Waals surface area contributed by atoms with Crippen molar-refractivity contribution in [2.24, 2.45) is 0 Å². The van der Waals surface area contributed by atoms with E-state index in [9.17, 15) is 18.0 Å². The van der Waals surface area contributed by atoms with Crippen molar-refractivity contribution >= 4 is 22.3 Å². The van der Waals surface area contributed by atoms with Gasteiger partial charge in [-0.1, -0.05) is 12.2 Å².